The number of hydrogen-bond acceptors (Lipinski definition) is 3. The highest BCUT2D eigenvalue weighted by Crippen LogP contribution is 2.24. The Labute approximate surface area is 134 Å². The summed E-state index contributed by atoms with van der Waals surface area (Å²) in [4.78, 5) is 23.2. The van der Waals surface area contributed by atoms with Gasteiger partial charge >= 0.3 is 0 Å². The van der Waals surface area contributed by atoms with E-state index in [4.69, 9.17) is 4.74 Å². The van der Waals surface area contributed by atoms with E-state index in [1.807, 2.05) is 31.2 Å². The van der Waals surface area contributed by atoms with Crippen LogP contribution in [0.5, 0.6) is 11.5 Å². The lowest BCUT2D eigenvalue weighted by Gasteiger charge is -2.11. The third-order valence-corrected chi connectivity index (χ3v) is 3.66. The van der Waals surface area contributed by atoms with Crippen LogP contribution in [0.1, 0.15) is 18.4 Å². The second kappa shape index (κ2) is 6.52. The number of carbonyl (C=O) groups excluding carboxylic acids is 2. The molecule has 2 aromatic carbocycles. The van der Waals surface area contributed by atoms with E-state index < -0.39 is 6.04 Å². The van der Waals surface area contributed by atoms with Crippen LogP contribution >= 0.6 is 0 Å². The van der Waals surface area contributed by atoms with Gasteiger partial charge in [0, 0.05) is 12.1 Å². The van der Waals surface area contributed by atoms with Crippen molar-refractivity contribution in [1.29, 1.82) is 0 Å². The normalized spacial score (nSPS) is 16.7. The van der Waals surface area contributed by atoms with Gasteiger partial charge in [0.25, 0.3) is 0 Å². The summed E-state index contributed by atoms with van der Waals surface area (Å²) in [6.45, 7) is 2.01. The number of aryl methyl sites for hydroxylation is 1. The van der Waals surface area contributed by atoms with Crippen LogP contribution in [0.15, 0.2) is 48.5 Å². The molecule has 5 heteroatoms. The van der Waals surface area contributed by atoms with E-state index in [1.165, 1.54) is 0 Å². The Morgan fingerprint density at radius 2 is 1.96 bits per heavy atom. The van der Waals surface area contributed by atoms with E-state index >= 15 is 0 Å². The minimum atomic E-state index is -0.439. The van der Waals surface area contributed by atoms with Gasteiger partial charge in [-0.1, -0.05) is 12.1 Å². The zero-order valence-electron chi connectivity index (χ0n) is 12.8. The lowest BCUT2D eigenvalue weighted by atomic mass is 10.2. The number of anilines is 1. The van der Waals surface area contributed by atoms with Crippen molar-refractivity contribution in [2.45, 2.75) is 25.8 Å². The van der Waals surface area contributed by atoms with Crippen molar-refractivity contribution < 1.29 is 14.3 Å². The van der Waals surface area contributed by atoms with Crippen LogP contribution < -0.4 is 15.4 Å². The zero-order chi connectivity index (χ0) is 16.2. The molecule has 118 valence electrons. The molecule has 3 rings (SSSR count). The number of nitrogens with one attached hydrogen (secondary N) is 2. The molecular weight excluding hydrogens is 292 g/mol. The molecule has 1 saturated heterocycles. The van der Waals surface area contributed by atoms with Gasteiger partial charge in [-0.05, 0) is 55.3 Å². The minimum absolute atomic E-state index is 0.0768. The van der Waals surface area contributed by atoms with Gasteiger partial charge in [0.15, 0.2) is 0 Å². The first-order valence-electron chi connectivity index (χ1n) is 7.55. The summed E-state index contributed by atoms with van der Waals surface area (Å²) in [6.07, 6.45) is 0.945. The lowest BCUT2D eigenvalue weighted by Crippen LogP contribution is -2.37. The first-order valence-corrected chi connectivity index (χ1v) is 7.55. The number of carbonyl (C=O) groups is 2. The molecule has 0 unspecified atom stereocenters. The van der Waals surface area contributed by atoms with Gasteiger partial charge in [-0.25, -0.2) is 0 Å². The van der Waals surface area contributed by atoms with Gasteiger partial charge in [-0.15, -0.1) is 0 Å². The Morgan fingerprint density at radius 3 is 2.61 bits per heavy atom. The third-order valence-electron chi connectivity index (χ3n) is 3.66. The third kappa shape index (κ3) is 3.88. The number of ether oxygens (including phenoxy) is 1. The zero-order valence-corrected chi connectivity index (χ0v) is 12.8. The Balaban J connectivity index is 1.60. The predicted octanol–water partition coefficient (Wildman–Crippen LogP) is 3.00. The van der Waals surface area contributed by atoms with Gasteiger partial charge in [-0.2, -0.15) is 0 Å². The van der Waals surface area contributed by atoms with Crippen LogP contribution in [-0.2, 0) is 9.59 Å². The van der Waals surface area contributed by atoms with E-state index in [2.05, 4.69) is 10.6 Å². The quantitative estimate of drug-likeness (QED) is 0.912. The molecule has 1 fully saturated rings. The molecule has 1 atom stereocenters. The Kier molecular flexibility index (Phi) is 4.28. The fraction of sp³-hybridized carbons (Fsp3) is 0.222. The van der Waals surface area contributed by atoms with E-state index in [-0.39, 0.29) is 11.8 Å². The molecule has 0 radical (unpaired) electrons. The largest absolute Gasteiger partial charge is 0.457 e. The molecule has 1 heterocycles. The fourth-order valence-electron chi connectivity index (χ4n) is 2.46. The molecule has 2 N–H and O–H groups in total. The van der Waals surface area contributed by atoms with E-state index in [1.54, 1.807) is 24.3 Å². The van der Waals surface area contributed by atoms with Gasteiger partial charge < -0.3 is 15.4 Å². The monoisotopic (exact) mass is 310 g/mol. The van der Waals surface area contributed by atoms with Gasteiger partial charge in [0.1, 0.15) is 17.5 Å². The lowest BCUT2D eigenvalue weighted by molar-refractivity contribution is -0.122. The second-order valence-electron chi connectivity index (χ2n) is 5.59. The maximum atomic E-state index is 12.0. The second-order valence-corrected chi connectivity index (χ2v) is 5.59. The summed E-state index contributed by atoms with van der Waals surface area (Å²) in [5, 5.41) is 5.44. The Hall–Kier alpha value is -2.82. The average Bonchev–Trinajstić information content (AvgIpc) is 2.96. The Bertz CT molecular complexity index is 725. The number of benzene rings is 2. The highest BCUT2D eigenvalue weighted by atomic mass is 16.5. The molecule has 2 aromatic rings. The Morgan fingerprint density at radius 1 is 1.17 bits per heavy atom. The van der Waals surface area contributed by atoms with Crippen LogP contribution in [0.25, 0.3) is 0 Å². The van der Waals surface area contributed by atoms with Crippen molar-refractivity contribution >= 4 is 17.5 Å². The topological polar surface area (TPSA) is 67.4 Å². The summed E-state index contributed by atoms with van der Waals surface area (Å²) >= 11 is 0. The summed E-state index contributed by atoms with van der Waals surface area (Å²) in [5.41, 5.74) is 1.80. The van der Waals surface area contributed by atoms with Crippen molar-refractivity contribution in [1.82, 2.24) is 5.32 Å². The van der Waals surface area contributed by atoms with Crippen molar-refractivity contribution in [3.63, 3.8) is 0 Å². The summed E-state index contributed by atoms with van der Waals surface area (Å²) in [5.74, 6) is 1.20. The van der Waals surface area contributed by atoms with E-state index in [9.17, 15) is 9.59 Å². The predicted molar refractivity (Wildman–Crippen MR) is 87.5 cm³/mol. The van der Waals surface area contributed by atoms with Crippen LogP contribution in [0.2, 0.25) is 0 Å². The SMILES string of the molecule is Cc1cccc(Oc2ccc(NC(=O)[C@@H]3CCC(=O)N3)cc2)c1. The average molecular weight is 310 g/mol. The van der Waals surface area contributed by atoms with Gasteiger partial charge in [0.2, 0.25) is 11.8 Å². The molecule has 23 heavy (non-hydrogen) atoms. The molecule has 5 nitrogen and oxygen atoms in total. The molecule has 1 aliphatic rings. The maximum absolute atomic E-state index is 12.0. The van der Waals surface area contributed by atoms with E-state index in [0.29, 0.717) is 24.3 Å². The summed E-state index contributed by atoms with van der Waals surface area (Å²) in [7, 11) is 0. The van der Waals surface area contributed by atoms with Gasteiger partial charge in [-0.3, -0.25) is 9.59 Å². The maximum Gasteiger partial charge on any atom is 0.246 e. The standard InChI is InChI=1S/C18H18N2O3/c1-12-3-2-4-15(11-12)23-14-7-5-13(6-8-14)19-18(22)16-9-10-17(21)20-16/h2-8,11,16H,9-10H2,1H3,(H,19,22)(H,20,21)/t16-/m0/s1. The summed E-state index contributed by atoms with van der Waals surface area (Å²) in [6, 6.07) is 14.5. The van der Waals surface area contributed by atoms with Crippen LogP contribution in [0, 0.1) is 6.92 Å². The highest BCUT2D eigenvalue weighted by molar-refractivity contribution is 5.98. The van der Waals surface area contributed by atoms with Crippen molar-refractivity contribution in [2.75, 3.05) is 5.32 Å². The van der Waals surface area contributed by atoms with Gasteiger partial charge in [0.05, 0.1) is 0 Å². The van der Waals surface area contributed by atoms with Crippen molar-refractivity contribution in [2.24, 2.45) is 0 Å². The molecule has 0 aliphatic carbocycles. The first-order chi connectivity index (χ1) is 11.1. The molecule has 0 aromatic heterocycles. The fourth-order valence-corrected chi connectivity index (χ4v) is 2.46. The minimum Gasteiger partial charge on any atom is -0.457 e. The number of amides is 2. The smallest absolute Gasteiger partial charge is 0.246 e. The first kappa shape index (κ1) is 15.1. The van der Waals surface area contributed by atoms with Crippen molar-refractivity contribution in [3.05, 3.63) is 54.1 Å². The molecule has 1 aliphatic heterocycles. The number of rotatable bonds is 4. The van der Waals surface area contributed by atoms with Crippen LogP contribution in [0.3, 0.4) is 0 Å². The molecule has 0 spiro atoms. The molecule has 0 bridgehead atoms. The number of hydrogen-bond donors (Lipinski definition) is 2. The highest BCUT2D eigenvalue weighted by Gasteiger charge is 2.26. The van der Waals surface area contributed by atoms with Crippen LogP contribution in [-0.4, -0.2) is 17.9 Å². The van der Waals surface area contributed by atoms with Crippen LogP contribution in [0.4, 0.5) is 5.69 Å². The van der Waals surface area contributed by atoms with E-state index in [0.717, 1.165) is 11.3 Å². The molecular formula is C18H18N2O3. The molecule has 2 amide bonds. The summed E-state index contributed by atoms with van der Waals surface area (Å²) < 4.78 is 5.76. The van der Waals surface area contributed by atoms with Crippen molar-refractivity contribution in [3.8, 4) is 11.5 Å². The molecule has 0 saturated carbocycles.